The number of nitrogens with zero attached hydrogens (tertiary/aromatic N) is 1. The summed E-state index contributed by atoms with van der Waals surface area (Å²) in [6.07, 6.45) is 1.01. The normalized spacial score (nSPS) is 14.3. The van der Waals surface area contributed by atoms with Crippen molar-refractivity contribution in [3.05, 3.63) is 51.5 Å². The molecule has 0 aliphatic rings. The number of likely N-dealkylation sites (N-methyl/N-ethyl adjacent to an activating group) is 1. The lowest BCUT2D eigenvalue weighted by molar-refractivity contribution is 0.504. The Morgan fingerprint density at radius 2 is 1.95 bits per heavy atom. The second-order valence-corrected chi connectivity index (χ2v) is 6.11. The molecule has 2 aromatic rings. The van der Waals surface area contributed by atoms with Crippen LogP contribution in [0.15, 0.2) is 30.3 Å². The van der Waals surface area contributed by atoms with Gasteiger partial charge in [0.2, 0.25) is 0 Å². The van der Waals surface area contributed by atoms with E-state index in [-0.39, 0.29) is 6.04 Å². The van der Waals surface area contributed by atoms with Crippen LogP contribution in [-0.4, -0.2) is 12.0 Å². The van der Waals surface area contributed by atoms with E-state index in [2.05, 4.69) is 56.4 Å². The van der Waals surface area contributed by atoms with E-state index in [1.165, 1.54) is 21.1 Å². The number of benzene rings is 1. The molecule has 0 aliphatic heterocycles. The van der Waals surface area contributed by atoms with E-state index in [4.69, 9.17) is 4.98 Å². The summed E-state index contributed by atoms with van der Waals surface area (Å²) in [4.78, 5) is 6.15. The zero-order chi connectivity index (χ0) is 13.8. The van der Waals surface area contributed by atoms with Gasteiger partial charge in [-0.3, -0.25) is 0 Å². The zero-order valence-electron chi connectivity index (χ0n) is 12.1. The second kappa shape index (κ2) is 6.31. The monoisotopic (exact) mass is 274 g/mol. The molecule has 0 fully saturated rings. The Morgan fingerprint density at radius 1 is 1.26 bits per heavy atom. The molecule has 3 heteroatoms. The molecule has 0 spiro atoms. The van der Waals surface area contributed by atoms with Gasteiger partial charge in [-0.2, -0.15) is 0 Å². The molecule has 2 unspecified atom stereocenters. The summed E-state index contributed by atoms with van der Waals surface area (Å²) >= 11 is 1.82. The van der Waals surface area contributed by atoms with Crippen LogP contribution in [0.5, 0.6) is 0 Å². The lowest BCUT2D eigenvalue weighted by Crippen LogP contribution is -2.22. The molecule has 0 radical (unpaired) electrons. The summed E-state index contributed by atoms with van der Waals surface area (Å²) in [6.45, 7) is 6.60. The van der Waals surface area contributed by atoms with E-state index >= 15 is 0 Å². The van der Waals surface area contributed by atoms with Crippen LogP contribution in [-0.2, 0) is 6.42 Å². The number of hydrogen-bond donors (Lipinski definition) is 1. The van der Waals surface area contributed by atoms with E-state index in [0.29, 0.717) is 5.92 Å². The number of thiazole rings is 1. The third kappa shape index (κ3) is 3.04. The highest BCUT2D eigenvalue weighted by atomic mass is 32.1. The van der Waals surface area contributed by atoms with Crippen LogP contribution < -0.4 is 5.32 Å². The highest BCUT2D eigenvalue weighted by Gasteiger charge is 2.22. The molecule has 1 aromatic heterocycles. The average molecular weight is 274 g/mol. The minimum atomic E-state index is 0.284. The van der Waals surface area contributed by atoms with Crippen LogP contribution >= 0.6 is 11.3 Å². The second-order valence-electron chi connectivity index (χ2n) is 4.87. The molecule has 1 aromatic carbocycles. The van der Waals surface area contributed by atoms with Crippen molar-refractivity contribution in [3.8, 4) is 0 Å². The molecule has 0 aliphatic carbocycles. The lowest BCUT2D eigenvalue weighted by Gasteiger charge is -2.22. The Bertz CT molecular complexity index is 519. The highest BCUT2D eigenvalue weighted by molar-refractivity contribution is 7.11. The van der Waals surface area contributed by atoms with Crippen molar-refractivity contribution in [2.75, 3.05) is 7.05 Å². The van der Waals surface area contributed by atoms with Crippen LogP contribution in [0.1, 0.15) is 46.9 Å². The molecular weight excluding hydrogens is 252 g/mol. The summed E-state index contributed by atoms with van der Waals surface area (Å²) in [7, 11) is 2.02. The van der Waals surface area contributed by atoms with Gasteiger partial charge < -0.3 is 5.32 Å². The van der Waals surface area contributed by atoms with Crippen LogP contribution in [0.2, 0.25) is 0 Å². The smallest absolute Gasteiger partial charge is 0.111 e. The molecule has 0 bridgehead atoms. The summed E-state index contributed by atoms with van der Waals surface area (Å²) in [6, 6.07) is 10.9. The third-order valence-corrected chi connectivity index (χ3v) is 4.74. The fraction of sp³-hybridized carbons (Fsp3) is 0.438. The predicted molar refractivity (Wildman–Crippen MR) is 82.9 cm³/mol. The Kier molecular flexibility index (Phi) is 4.72. The molecule has 2 rings (SSSR count). The minimum absolute atomic E-state index is 0.284. The van der Waals surface area contributed by atoms with Crippen molar-refractivity contribution < 1.29 is 0 Å². The molecule has 0 amide bonds. The van der Waals surface area contributed by atoms with Gasteiger partial charge >= 0.3 is 0 Å². The molecule has 2 nitrogen and oxygen atoms in total. The first-order chi connectivity index (χ1) is 9.17. The Labute approximate surface area is 119 Å². The van der Waals surface area contributed by atoms with Crippen molar-refractivity contribution >= 4 is 11.3 Å². The first-order valence-electron chi connectivity index (χ1n) is 6.85. The number of aromatic nitrogens is 1. The van der Waals surface area contributed by atoms with E-state index in [1.54, 1.807) is 0 Å². The van der Waals surface area contributed by atoms with Gasteiger partial charge in [-0.05, 0) is 26.0 Å². The molecule has 102 valence electrons. The Hall–Kier alpha value is -1.19. The largest absolute Gasteiger partial charge is 0.311 e. The lowest BCUT2D eigenvalue weighted by atomic mass is 9.94. The standard InChI is InChI=1S/C16H22N2S/c1-5-14-12(3)19-16(18-14)15(17-4)11(2)13-9-7-6-8-10-13/h6-11,15,17H,5H2,1-4H3. The van der Waals surface area contributed by atoms with Gasteiger partial charge in [0.05, 0.1) is 11.7 Å². The van der Waals surface area contributed by atoms with Crippen LogP contribution in [0.25, 0.3) is 0 Å². The zero-order valence-corrected chi connectivity index (χ0v) is 12.9. The van der Waals surface area contributed by atoms with Gasteiger partial charge in [0, 0.05) is 10.8 Å². The van der Waals surface area contributed by atoms with Gasteiger partial charge in [-0.15, -0.1) is 11.3 Å². The van der Waals surface area contributed by atoms with Crippen molar-refractivity contribution in [2.24, 2.45) is 0 Å². The third-order valence-electron chi connectivity index (χ3n) is 3.65. The number of rotatable bonds is 5. The minimum Gasteiger partial charge on any atom is -0.311 e. The summed E-state index contributed by atoms with van der Waals surface area (Å²) in [5.41, 5.74) is 2.59. The van der Waals surface area contributed by atoms with Crippen LogP contribution in [0.3, 0.4) is 0 Å². The highest BCUT2D eigenvalue weighted by Crippen LogP contribution is 2.33. The quantitative estimate of drug-likeness (QED) is 0.888. The van der Waals surface area contributed by atoms with Gasteiger partial charge in [0.15, 0.2) is 0 Å². The topological polar surface area (TPSA) is 24.9 Å². The number of nitrogens with one attached hydrogen (secondary N) is 1. The summed E-state index contributed by atoms with van der Waals surface area (Å²) in [5.74, 6) is 0.418. The maximum Gasteiger partial charge on any atom is 0.111 e. The predicted octanol–water partition coefficient (Wildman–Crippen LogP) is 4.08. The van der Waals surface area contributed by atoms with E-state index in [1.807, 2.05) is 18.4 Å². The molecular formula is C16H22N2S. The summed E-state index contributed by atoms with van der Waals surface area (Å²) in [5, 5.41) is 4.63. The van der Waals surface area contributed by atoms with Gasteiger partial charge in [0.1, 0.15) is 5.01 Å². The van der Waals surface area contributed by atoms with Crippen molar-refractivity contribution in [1.29, 1.82) is 0 Å². The summed E-state index contributed by atoms with van der Waals surface area (Å²) < 4.78 is 0. The van der Waals surface area contributed by atoms with Crippen LogP contribution in [0, 0.1) is 6.92 Å². The van der Waals surface area contributed by atoms with E-state index in [9.17, 15) is 0 Å². The van der Waals surface area contributed by atoms with E-state index < -0.39 is 0 Å². The first kappa shape index (κ1) is 14.2. The van der Waals surface area contributed by atoms with Crippen molar-refractivity contribution in [1.82, 2.24) is 10.3 Å². The Balaban J connectivity index is 2.28. The SMILES string of the molecule is CCc1nc(C(NC)C(C)c2ccccc2)sc1C. The number of hydrogen-bond acceptors (Lipinski definition) is 3. The molecule has 1 N–H and O–H groups in total. The average Bonchev–Trinajstić information content (AvgIpc) is 2.81. The molecule has 1 heterocycles. The molecule has 0 saturated heterocycles. The first-order valence-corrected chi connectivity index (χ1v) is 7.67. The fourth-order valence-electron chi connectivity index (χ4n) is 2.45. The van der Waals surface area contributed by atoms with Gasteiger partial charge in [-0.25, -0.2) is 4.98 Å². The molecule has 2 atom stereocenters. The maximum atomic E-state index is 4.80. The van der Waals surface area contributed by atoms with E-state index in [0.717, 1.165) is 6.42 Å². The molecule has 0 saturated carbocycles. The maximum absolute atomic E-state index is 4.80. The number of aryl methyl sites for hydroxylation is 2. The van der Waals surface area contributed by atoms with Crippen LogP contribution in [0.4, 0.5) is 0 Å². The van der Waals surface area contributed by atoms with Crippen molar-refractivity contribution in [3.63, 3.8) is 0 Å². The Morgan fingerprint density at radius 3 is 2.47 bits per heavy atom. The van der Waals surface area contributed by atoms with Crippen molar-refractivity contribution in [2.45, 2.75) is 39.2 Å². The van der Waals surface area contributed by atoms with Gasteiger partial charge in [-0.1, -0.05) is 44.2 Å². The fourth-order valence-corrected chi connectivity index (χ4v) is 3.67. The van der Waals surface area contributed by atoms with Gasteiger partial charge in [0.25, 0.3) is 0 Å². The molecule has 19 heavy (non-hydrogen) atoms.